The van der Waals surface area contributed by atoms with Crippen molar-refractivity contribution < 1.29 is 17.9 Å². The number of benzene rings is 3. The Balaban J connectivity index is 1.25. The van der Waals surface area contributed by atoms with Crippen molar-refractivity contribution in [3.8, 4) is 5.75 Å². The maximum atomic E-state index is 13.0. The second-order valence-electron chi connectivity index (χ2n) is 8.58. The van der Waals surface area contributed by atoms with Crippen LogP contribution in [-0.4, -0.2) is 49.4 Å². The number of carbonyl (C=O) groups is 1. The van der Waals surface area contributed by atoms with Crippen molar-refractivity contribution in [1.29, 1.82) is 0 Å². The van der Waals surface area contributed by atoms with E-state index in [9.17, 15) is 13.2 Å². The number of nitrogens with one attached hydrogen (secondary N) is 1. The topological polar surface area (TPSA) is 128 Å². The van der Waals surface area contributed by atoms with Crippen LogP contribution in [0.2, 0.25) is 0 Å². The molecule has 1 amide bonds. The summed E-state index contributed by atoms with van der Waals surface area (Å²) in [5, 5.41) is 2.42. The van der Waals surface area contributed by atoms with Crippen LogP contribution in [0.1, 0.15) is 12.0 Å². The molecule has 0 saturated carbocycles. The zero-order valence-corrected chi connectivity index (χ0v) is 20.0. The Bertz CT molecular complexity index is 1540. The minimum atomic E-state index is -3.78. The van der Waals surface area contributed by atoms with E-state index in [1.165, 1.54) is 6.33 Å². The number of rotatable bonds is 7. The Hall–Kier alpha value is -3.76. The highest BCUT2D eigenvalue weighted by Crippen LogP contribution is 2.26. The summed E-state index contributed by atoms with van der Waals surface area (Å²) in [7, 11) is -2.21. The normalized spacial score (nSPS) is 16.3. The molecule has 1 saturated heterocycles. The maximum Gasteiger partial charge on any atom is 0.240 e. The van der Waals surface area contributed by atoms with E-state index in [0.29, 0.717) is 31.1 Å². The molecule has 1 fully saturated rings. The molecular weight excluding hydrogens is 466 g/mol. The van der Waals surface area contributed by atoms with Gasteiger partial charge in [0.25, 0.3) is 0 Å². The van der Waals surface area contributed by atoms with Gasteiger partial charge in [0.05, 0.1) is 23.4 Å². The summed E-state index contributed by atoms with van der Waals surface area (Å²) in [4.78, 5) is 23.1. The van der Waals surface area contributed by atoms with Crippen molar-refractivity contribution in [1.82, 2.24) is 19.6 Å². The molecule has 180 valence electrons. The van der Waals surface area contributed by atoms with Gasteiger partial charge in [-0.2, -0.15) is 0 Å². The summed E-state index contributed by atoms with van der Waals surface area (Å²) in [5.74, 6) is 0.551. The van der Waals surface area contributed by atoms with Crippen molar-refractivity contribution in [2.45, 2.75) is 17.9 Å². The van der Waals surface area contributed by atoms with E-state index < -0.39 is 15.9 Å². The van der Waals surface area contributed by atoms with E-state index in [4.69, 9.17) is 10.5 Å². The highest BCUT2D eigenvalue weighted by atomic mass is 32.2. The Morgan fingerprint density at radius 3 is 2.74 bits per heavy atom. The molecule has 1 aliphatic rings. The molecule has 9 nitrogen and oxygen atoms in total. The minimum absolute atomic E-state index is 0.0479. The molecule has 1 aliphatic heterocycles. The van der Waals surface area contributed by atoms with Crippen LogP contribution in [0, 0.1) is 5.92 Å². The van der Waals surface area contributed by atoms with Crippen molar-refractivity contribution in [2.75, 3.05) is 25.9 Å². The first-order valence-corrected chi connectivity index (χ1v) is 12.7. The third-order valence-corrected chi connectivity index (χ3v) is 7.78. The quantitative estimate of drug-likeness (QED) is 0.407. The summed E-state index contributed by atoms with van der Waals surface area (Å²) >= 11 is 0. The Labute approximate surface area is 203 Å². The standard InChI is InChI=1S/C25H25N5O4S/c1-34-20-5-3-17-4-6-21(12-19(17)11-20)35(32,33)29-13-18-8-9-30(25(18)31)14-16-2-7-23-22(10-16)24(26)28-15-27-23/h2-7,10-12,15,18,29H,8-9,13-14H2,1H3,(H2,26,27,28)/t18-/m0/s1. The highest BCUT2D eigenvalue weighted by Gasteiger charge is 2.32. The smallest absolute Gasteiger partial charge is 0.240 e. The van der Waals surface area contributed by atoms with E-state index in [-0.39, 0.29) is 17.3 Å². The number of anilines is 1. The number of sulfonamides is 1. The molecule has 3 N–H and O–H groups in total. The van der Waals surface area contributed by atoms with Gasteiger partial charge in [0.2, 0.25) is 15.9 Å². The molecule has 1 aromatic heterocycles. The number of hydrogen-bond donors (Lipinski definition) is 2. The number of nitrogen functional groups attached to an aromatic ring is 1. The predicted octanol–water partition coefficient (Wildman–Crippen LogP) is 2.70. The van der Waals surface area contributed by atoms with Gasteiger partial charge in [0.1, 0.15) is 17.9 Å². The SMILES string of the molecule is COc1ccc2ccc(S(=O)(=O)NC[C@@H]3CCN(Cc4ccc5ncnc(N)c5c4)C3=O)cc2c1. The fourth-order valence-electron chi connectivity index (χ4n) is 4.38. The molecule has 0 aliphatic carbocycles. The lowest BCUT2D eigenvalue weighted by atomic mass is 10.1. The fraction of sp³-hybridized carbons (Fsp3) is 0.240. The van der Waals surface area contributed by atoms with E-state index in [1.807, 2.05) is 30.3 Å². The van der Waals surface area contributed by atoms with Crippen molar-refractivity contribution in [3.63, 3.8) is 0 Å². The van der Waals surface area contributed by atoms with Gasteiger partial charge >= 0.3 is 0 Å². The molecule has 0 spiro atoms. The molecule has 2 heterocycles. The zero-order chi connectivity index (χ0) is 24.6. The maximum absolute atomic E-state index is 13.0. The molecule has 3 aromatic carbocycles. The number of hydrogen-bond acceptors (Lipinski definition) is 7. The summed E-state index contributed by atoms with van der Waals surface area (Å²) in [6, 6.07) is 16.1. The van der Waals surface area contributed by atoms with Crippen LogP contribution in [0.3, 0.4) is 0 Å². The van der Waals surface area contributed by atoms with E-state index in [2.05, 4.69) is 14.7 Å². The average molecular weight is 492 g/mol. The van der Waals surface area contributed by atoms with Crippen LogP contribution in [0.4, 0.5) is 5.82 Å². The van der Waals surface area contributed by atoms with Crippen LogP contribution in [0.15, 0.2) is 65.8 Å². The number of nitrogens with two attached hydrogens (primary N) is 1. The second kappa shape index (κ2) is 9.12. The lowest BCUT2D eigenvalue weighted by molar-refractivity contribution is -0.131. The summed E-state index contributed by atoms with van der Waals surface area (Å²) in [6.07, 6.45) is 2.00. The number of aromatic nitrogens is 2. The predicted molar refractivity (Wildman–Crippen MR) is 133 cm³/mol. The zero-order valence-electron chi connectivity index (χ0n) is 19.1. The molecule has 10 heteroatoms. The van der Waals surface area contributed by atoms with Gasteiger partial charge in [-0.3, -0.25) is 4.79 Å². The number of nitrogens with zero attached hydrogens (tertiary/aromatic N) is 3. The van der Waals surface area contributed by atoms with Gasteiger partial charge < -0.3 is 15.4 Å². The third kappa shape index (κ3) is 4.62. The first kappa shape index (κ1) is 23.0. The first-order valence-electron chi connectivity index (χ1n) is 11.2. The lowest BCUT2D eigenvalue weighted by Gasteiger charge is -2.17. The third-order valence-electron chi connectivity index (χ3n) is 6.36. The molecule has 35 heavy (non-hydrogen) atoms. The number of ether oxygens (including phenoxy) is 1. The van der Waals surface area contributed by atoms with Crippen LogP contribution in [0.25, 0.3) is 21.7 Å². The van der Waals surface area contributed by atoms with Crippen molar-refractivity contribution >= 4 is 43.4 Å². The van der Waals surface area contributed by atoms with Gasteiger partial charge in [0, 0.05) is 25.0 Å². The van der Waals surface area contributed by atoms with Crippen molar-refractivity contribution in [3.05, 3.63) is 66.5 Å². The Morgan fingerprint density at radius 1 is 1.09 bits per heavy atom. The van der Waals surface area contributed by atoms with Crippen LogP contribution >= 0.6 is 0 Å². The second-order valence-corrected chi connectivity index (χ2v) is 10.3. The van der Waals surface area contributed by atoms with Gasteiger partial charge in [-0.15, -0.1) is 0 Å². The summed E-state index contributed by atoms with van der Waals surface area (Å²) in [6.45, 7) is 1.02. The summed E-state index contributed by atoms with van der Waals surface area (Å²) < 4.78 is 33.7. The van der Waals surface area contributed by atoms with Gasteiger partial charge in [-0.1, -0.05) is 18.2 Å². The molecule has 0 radical (unpaired) electrons. The molecule has 5 rings (SSSR count). The number of likely N-dealkylation sites (tertiary alicyclic amines) is 1. The molecular formula is C25H25N5O4S. The fourth-order valence-corrected chi connectivity index (χ4v) is 5.50. The Kier molecular flexibility index (Phi) is 6.00. The van der Waals surface area contributed by atoms with Crippen molar-refractivity contribution in [2.24, 2.45) is 5.92 Å². The summed E-state index contributed by atoms with van der Waals surface area (Å²) in [5.41, 5.74) is 7.61. The van der Waals surface area contributed by atoms with Gasteiger partial charge in [0.15, 0.2) is 0 Å². The monoisotopic (exact) mass is 491 g/mol. The van der Waals surface area contributed by atoms with Gasteiger partial charge in [-0.05, 0) is 59.2 Å². The van der Waals surface area contributed by atoms with Crippen LogP contribution < -0.4 is 15.2 Å². The molecule has 4 aromatic rings. The van der Waals surface area contributed by atoms with E-state index in [0.717, 1.165) is 27.2 Å². The number of amides is 1. The average Bonchev–Trinajstić information content (AvgIpc) is 3.21. The minimum Gasteiger partial charge on any atom is -0.497 e. The Morgan fingerprint density at radius 2 is 1.91 bits per heavy atom. The van der Waals surface area contributed by atoms with E-state index >= 15 is 0 Å². The molecule has 1 atom stereocenters. The largest absolute Gasteiger partial charge is 0.497 e. The number of carbonyl (C=O) groups excluding carboxylic acids is 1. The van der Waals surface area contributed by atoms with Gasteiger partial charge in [-0.25, -0.2) is 23.1 Å². The highest BCUT2D eigenvalue weighted by molar-refractivity contribution is 7.89. The lowest BCUT2D eigenvalue weighted by Crippen LogP contribution is -2.34. The van der Waals surface area contributed by atoms with E-state index in [1.54, 1.807) is 36.3 Å². The molecule has 0 bridgehead atoms. The first-order chi connectivity index (χ1) is 16.8. The van der Waals surface area contributed by atoms with Crippen LogP contribution in [-0.2, 0) is 21.4 Å². The molecule has 0 unspecified atom stereocenters. The van der Waals surface area contributed by atoms with Crippen LogP contribution in [0.5, 0.6) is 5.75 Å². The number of fused-ring (bicyclic) bond motifs is 2. The number of methoxy groups -OCH3 is 1.